The topological polar surface area (TPSA) is 232 Å². The summed E-state index contributed by atoms with van der Waals surface area (Å²) in [5.41, 5.74) is 7.63. The molecule has 0 saturated carbocycles. The van der Waals surface area contributed by atoms with Crippen LogP contribution in [0.2, 0.25) is 0 Å². The van der Waals surface area contributed by atoms with Gasteiger partial charge in [-0.15, -0.1) is 0 Å². The molecule has 1 fully saturated rings. The number of likely N-dealkylation sites (N-methyl/N-ethyl adjacent to an activating group) is 1. The summed E-state index contributed by atoms with van der Waals surface area (Å²) in [5.74, 6) is -0.679. The molecule has 1 spiro atoms. The Hall–Kier alpha value is -7.22. The van der Waals surface area contributed by atoms with Gasteiger partial charge in [0.05, 0.1) is 63.9 Å². The van der Waals surface area contributed by atoms with Crippen LogP contribution in [0.1, 0.15) is 90.8 Å². The largest absolute Gasteiger partial charge is 0.480 e. The lowest BCUT2D eigenvalue weighted by Crippen LogP contribution is -2.47. The van der Waals surface area contributed by atoms with Gasteiger partial charge in [0.2, 0.25) is 27.6 Å². The molecule has 78 heavy (non-hydrogen) atoms. The standard InChI is InChI=1S/C34H42N4O5.C25H33N5O4S/c1-8-27(43-28-13-10-20(3)16-22(28)5)33(42)36-26-18-25(31-30(32(26)41)34(6,7)19-29(40)37-31)35-24-12-11-23(17-21(24)4)38(9-2)14-15-39;1-6-30(7-2)17-8-9-18(19(15-17)28-35(5,33)34)26-20-14-16(3)23(31)21-22(20)27-24(32)25(21)10-12-29(4)13-11-25/h10-13,16-18,27,39H,8-9,14-15,19H2,1-7H3,(H,36,42)(H,37,40);8-9,14-15,28H,6-7,10-13H2,1-5H3,(H,27,32). The van der Waals surface area contributed by atoms with Crippen molar-refractivity contribution in [1.82, 2.24) is 20.9 Å². The molecule has 0 aromatic heterocycles. The summed E-state index contributed by atoms with van der Waals surface area (Å²) in [7, 11) is -1.56. The molecule has 0 bridgehead atoms. The number of nitrogens with one attached hydrogen (secondary N) is 4. The van der Waals surface area contributed by atoms with Crippen LogP contribution in [-0.4, -0.2) is 124 Å². The highest BCUT2D eigenvalue weighted by molar-refractivity contribution is 7.92. The van der Waals surface area contributed by atoms with Gasteiger partial charge in [-0.25, -0.2) is 18.4 Å². The Balaban J connectivity index is 0.000000231. The fourth-order valence-corrected chi connectivity index (χ4v) is 11.2. The predicted molar refractivity (Wildman–Crippen MR) is 307 cm³/mol. The van der Waals surface area contributed by atoms with E-state index >= 15 is 0 Å². The number of aryl methyl sites for hydroxylation is 3. The number of nitrogens with zero attached hydrogens (tertiary/aromatic N) is 5. The summed E-state index contributed by atoms with van der Waals surface area (Å²) in [6.45, 7) is 23.5. The number of aliphatic hydroxyl groups excluding tert-OH is 1. The van der Waals surface area contributed by atoms with Gasteiger partial charge in [0.1, 0.15) is 5.75 Å². The van der Waals surface area contributed by atoms with Crippen LogP contribution >= 0.6 is 0 Å². The number of allylic oxidation sites excluding steroid dienone is 4. The van der Waals surface area contributed by atoms with E-state index in [1.165, 1.54) is 6.08 Å². The first-order valence-electron chi connectivity index (χ1n) is 26.7. The average molecular weight is 1090 g/mol. The number of rotatable bonds is 16. The molecule has 3 aromatic carbocycles. The molecule has 416 valence electrons. The van der Waals surface area contributed by atoms with Gasteiger partial charge in [-0.1, -0.05) is 38.5 Å². The number of likely N-dealkylation sites (tertiary alicyclic amines) is 1. The molecule has 3 amide bonds. The van der Waals surface area contributed by atoms with Gasteiger partial charge in [-0.3, -0.25) is 28.7 Å². The zero-order chi connectivity index (χ0) is 57.0. The molecule has 1 unspecified atom stereocenters. The molecule has 5 N–H and O–H groups in total. The number of carbonyl (C=O) groups is 5. The molecule has 18 nitrogen and oxygen atoms in total. The maximum atomic E-state index is 13.8. The fourth-order valence-electron chi connectivity index (χ4n) is 10.7. The zero-order valence-electron chi connectivity index (χ0n) is 47.1. The summed E-state index contributed by atoms with van der Waals surface area (Å²) in [4.78, 5) is 82.4. The van der Waals surface area contributed by atoms with Gasteiger partial charge >= 0.3 is 0 Å². The van der Waals surface area contributed by atoms with Crippen LogP contribution in [0.4, 0.5) is 28.4 Å². The monoisotopic (exact) mass is 1090 g/mol. The maximum Gasteiger partial charge on any atom is 0.265 e. The first-order valence-corrected chi connectivity index (χ1v) is 28.6. The number of piperidine rings is 1. The highest BCUT2D eigenvalue weighted by atomic mass is 32.2. The van der Waals surface area contributed by atoms with Crippen LogP contribution < -0.4 is 35.2 Å². The Morgan fingerprint density at radius 2 is 1.41 bits per heavy atom. The number of Topliss-reactive ketones (excluding diaryl/α,β-unsaturated/α-hetero) is 2. The molecule has 5 aliphatic rings. The van der Waals surface area contributed by atoms with Crippen LogP contribution in [0, 0.1) is 31.6 Å². The van der Waals surface area contributed by atoms with Gasteiger partial charge in [0, 0.05) is 60.5 Å². The van der Waals surface area contributed by atoms with Crippen molar-refractivity contribution in [3.05, 3.63) is 117 Å². The van der Waals surface area contributed by atoms with Crippen molar-refractivity contribution in [1.29, 1.82) is 0 Å². The second-order valence-electron chi connectivity index (χ2n) is 21.3. The van der Waals surface area contributed by atoms with Gasteiger partial charge in [-0.2, -0.15) is 0 Å². The molecule has 8 rings (SSSR count). The van der Waals surface area contributed by atoms with Crippen molar-refractivity contribution in [3.8, 4) is 5.75 Å². The summed E-state index contributed by atoms with van der Waals surface area (Å²) in [5, 5.41) is 18.1. The Morgan fingerprint density at radius 1 is 0.795 bits per heavy atom. The van der Waals surface area contributed by atoms with E-state index < -0.39 is 32.9 Å². The number of sulfonamides is 1. The first kappa shape index (κ1) is 58.5. The van der Waals surface area contributed by atoms with Crippen LogP contribution in [0.25, 0.3) is 0 Å². The second kappa shape index (κ2) is 23.8. The first-order chi connectivity index (χ1) is 36.9. The van der Waals surface area contributed by atoms with Crippen molar-refractivity contribution in [2.24, 2.45) is 20.8 Å². The fraction of sp³-hybridized carbons (Fsp3) is 0.441. The lowest BCUT2D eigenvalue weighted by molar-refractivity contribution is -0.130. The lowest BCUT2D eigenvalue weighted by Gasteiger charge is -2.37. The molecule has 1 atom stereocenters. The number of hydrogen-bond donors (Lipinski definition) is 5. The third-order valence-electron chi connectivity index (χ3n) is 14.9. The normalized spacial score (nSPS) is 19.3. The van der Waals surface area contributed by atoms with E-state index in [2.05, 4.69) is 35.4 Å². The van der Waals surface area contributed by atoms with Crippen molar-refractivity contribution in [3.63, 3.8) is 0 Å². The minimum absolute atomic E-state index is 0.0469. The van der Waals surface area contributed by atoms with Crippen molar-refractivity contribution >= 4 is 79.2 Å². The average Bonchev–Trinajstić information content (AvgIpc) is 3.78. The van der Waals surface area contributed by atoms with Crippen LogP contribution in [0.15, 0.2) is 111 Å². The molecule has 19 heteroatoms. The third kappa shape index (κ3) is 12.5. The number of amides is 3. The van der Waals surface area contributed by atoms with Gasteiger partial charge < -0.3 is 40.5 Å². The van der Waals surface area contributed by atoms with E-state index in [1.54, 1.807) is 25.1 Å². The third-order valence-corrected chi connectivity index (χ3v) is 15.5. The molecular weight excluding hydrogens is 1010 g/mol. The van der Waals surface area contributed by atoms with Gasteiger partial charge in [0.15, 0.2) is 11.9 Å². The number of carbonyl (C=O) groups excluding carboxylic acids is 5. The van der Waals surface area contributed by atoms with Gasteiger partial charge in [-0.05, 0) is 159 Å². The summed E-state index contributed by atoms with van der Waals surface area (Å²) < 4.78 is 32.9. The van der Waals surface area contributed by atoms with Crippen molar-refractivity contribution in [2.45, 2.75) is 101 Å². The quantitative estimate of drug-likeness (QED) is 0.0887. The molecular formula is C59H75N9O9S. The Bertz CT molecular complexity index is 3230. The minimum atomic E-state index is -3.56. The Kier molecular flexibility index (Phi) is 17.8. The Labute approximate surface area is 458 Å². The summed E-state index contributed by atoms with van der Waals surface area (Å²) in [6.07, 6.45) is 5.14. The Morgan fingerprint density at radius 3 is 2.01 bits per heavy atom. The highest BCUT2D eigenvalue weighted by Gasteiger charge is 2.54. The van der Waals surface area contributed by atoms with Crippen LogP contribution in [0.5, 0.6) is 5.75 Å². The van der Waals surface area contributed by atoms with E-state index in [1.807, 2.05) is 112 Å². The molecule has 3 aliphatic heterocycles. The zero-order valence-corrected chi connectivity index (χ0v) is 47.9. The van der Waals surface area contributed by atoms with E-state index in [0.717, 1.165) is 67.0 Å². The molecule has 3 heterocycles. The number of aliphatic imine (C=N–C) groups is 2. The van der Waals surface area contributed by atoms with E-state index in [-0.39, 0.29) is 42.1 Å². The smallest absolute Gasteiger partial charge is 0.265 e. The number of anilines is 3. The number of benzene rings is 3. The highest BCUT2D eigenvalue weighted by Crippen LogP contribution is 2.47. The van der Waals surface area contributed by atoms with Gasteiger partial charge in [0.25, 0.3) is 5.91 Å². The number of hydrogen-bond acceptors (Lipinski definition) is 14. The van der Waals surface area contributed by atoms with E-state index in [4.69, 9.17) is 14.7 Å². The summed E-state index contributed by atoms with van der Waals surface area (Å²) >= 11 is 0. The SMILES string of the molecule is CCC(Oc1ccc(C)cc1C)C(=O)NC1=CC(=Nc2ccc(N(CC)CCO)cc2C)C2=C(C1=O)C(C)(C)CC(=O)N2.CCN(CC)c1ccc(N=C2C=C(C)C(=O)C3=C2NC(=O)C32CCN(C)CC2)c(NS(C)(=O)=O)c1. The molecule has 2 aliphatic carbocycles. The van der Waals surface area contributed by atoms with Crippen LogP contribution in [-0.2, 0) is 34.0 Å². The molecule has 1 saturated heterocycles. The summed E-state index contributed by atoms with van der Waals surface area (Å²) in [6, 6.07) is 17.0. The van der Waals surface area contributed by atoms with Crippen molar-refractivity contribution in [2.75, 3.05) is 73.7 Å². The minimum Gasteiger partial charge on any atom is -0.480 e. The van der Waals surface area contributed by atoms with Crippen molar-refractivity contribution < 1.29 is 42.2 Å². The number of aliphatic hydroxyl groups is 1. The lowest BCUT2D eigenvalue weighted by atomic mass is 9.69. The molecule has 3 aromatic rings. The van der Waals surface area contributed by atoms with E-state index in [9.17, 15) is 37.5 Å². The number of ketones is 2. The van der Waals surface area contributed by atoms with Crippen LogP contribution in [0.3, 0.4) is 0 Å². The number of fused-ring (bicyclic) bond motifs is 1. The second-order valence-corrected chi connectivity index (χ2v) is 23.0. The predicted octanol–water partition coefficient (Wildman–Crippen LogP) is 7.35. The number of ether oxygens (including phenoxy) is 1. The maximum absolute atomic E-state index is 13.8. The van der Waals surface area contributed by atoms with E-state index in [0.29, 0.717) is 88.2 Å². The molecule has 0 radical (unpaired) electrons.